The van der Waals surface area contributed by atoms with Gasteiger partial charge in [-0.2, -0.15) is 0 Å². The van der Waals surface area contributed by atoms with Crippen LogP contribution in [0.15, 0.2) is 0 Å². The summed E-state index contributed by atoms with van der Waals surface area (Å²) in [6.07, 6.45) is 22.8. The van der Waals surface area contributed by atoms with Gasteiger partial charge in [-0.15, -0.1) is 0 Å². The Morgan fingerprint density at radius 1 is 0.737 bits per heavy atom. The van der Waals surface area contributed by atoms with Crippen LogP contribution < -0.4 is 10.6 Å². The molecule has 7 nitrogen and oxygen atoms in total. The third kappa shape index (κ3) is 20.9. The van der Waals surface area contributed by atoms with Crippen LogP contribution in [0.5, 0.6) is 0 Å². The molecule has 1 fully saturated rings. The van der Waals surface area contributed by atoms with E-state index in [0.717, 1.165) is 43.9 Å². The summed E-state index contributed by atoms with van der Waals surface area (Å²) in [5.41, 5.74) is 0. The number of hydrogen-bond acceptors (Lipinski definition) is 5. The van der Waals surface area contributed by atoms with E-state index in [9.17, 15) is 9.59 Å². The van der Waals surface area contributed by atoms with Gasteiger partial charge < -0.3 is 24.8 Å². The van der Waals surface area contributed by atoms with Crippen molar-refractivity contribution in [1.29, 1.82) is 0 Å². The number of amides is 2. The van der Waals surface area contributed by atoms with Crippen LogP contribution >= 0.6 is 15.9 Å². The molecule has 0 unspecified atom stereocenters. The van der Waals surface area contributed by atoms with E-state index in [2.05, 4.69) is 33.5 Å². The fourth-order valence-corrected chi connectivity index (χ4v) is 5.16. The number of rotatable bonds is 24. The lowest BCUT2D eigenvalue weighted by Gasteiger charge is -2.30. The molecule has 2 N–H and O–H groups in total. The number of nitrogens with one attached hydrogen (secondary N) is 2. The lowest BCUT2D eigenvalue weighted by molar-refractivity contribution is -0.0985. The molecule has 0 aromatic carbocycles. The Hall–Kier alpha value is -1.02. The lowest BCUT2D eigenvalue weighted by atomic mass is 10.0. The molecule has 1 saturated heterocycles. The maximum Gasteiger partial charge on any atom is 0.407 e. The largest absolute Gasteiger partial charge is 0.447 e. The van der Waals surface area contributed by atoms with Gasteiger partial charge in [0.2, 0.25) is 0 Å². The second-order valence-corrected chi connectivity index (χ2v) is 11.4. The van der Waals surface area contributed by atoms with Crippen molar-refractivity contribution in [2.24, 2.45) is 0 Å². The van der Waals surface area contributed by atoms with Crippen LogP contribution in [-0.4, -0.2) is 56.0 Å². The first-order valence-corrected chi connectivity index (χ1v) is 16.8. The van der Waals surface area contributed by atoms with E-state index in [0.29, 0.717) is 26.1 Å². The Kier molecular flexibility index (Phi) is 24.2. The molecule has 0 aromatic heterocycles. The van der Waals surface area contributed by atoms with Crippen molar-refractivity contribution in [3.63, 3.8) is 0 Å². The molecule has 1 aliphatic heterocycles. The fraction of sp³-hybridized carbons (Fsp3) is 0.933. The minimum Gasteiger partial charge on any atom is -0.447 e. The maximum atomic E-state index is 12.3. The van der Waals surface area contributed by atoms with Gasteiger partial charge >= 0.3 is 12.2 Å². The van der Waals surface area contributed by atoms with Crippen molar-refractivity contribution in [2.45, 2.75) is 148 Å². The van der Waals surface area contributed by atoms with E-state index in [1.807, 2.05) is 0 Å². The summed E-state index contributed by atoms with van der Waals surface area (Å²) < 4.78 is 16.6. The van der Waals surface area contributed by atoms with Crippen LogP contribution in [0.2, 0.25) is 0 Å². The highest BCUT2D eigenvalue weighted by molar-refractivity contribution is 9.09. The molecule has 0 bridgehead atoms. The molecule has 2 atom stereocenters. The number of unbranched alkanes of at least 4 members (excludes halogenated alkanes) is 16. The van der Waals surface area contributed by atoms with Gasteiger partial charge in [0.15, 0.2) is 0 Å². The first kappa shape index (κ1) is 35.0. The van der Waals surface area contributed by atoms with E-state index >= 15 is 0 Å². The van der Waals surface area contributed by atoms with E-state index in [1.165, 1.54) is 83.5 Å². The summed E-state index contributed by atoms with van der Waals surface area (Å²) in [5, 5.41) is 6.60. The van der Waals surface area contributed by atoms with Crippen molar-refractivity contribution >= 4 is 28.1 Å². The zero-order valence-corrected chi connectivity index (χ0v) is 25.8. The number of carbonyl (C=O) groups excluding carboxylic acids is 2. The summed E-state index contributed by atoms with van der Waals surface area (Å²) in [6.45, 7) is 4.17. The maximum absolute atomic E-state index is 12.3. The first-order chi connectivity index (χ1) is 18.7. The smallest absolute Gasteiger partial charge is 0.407 e. The molecule has 224 valence electrons. The molecule has 0 spiro atoms. The molecule has 1 rings (SSSR count). The molecular weight excluding hydrogens is 548 g/mol. The molecule has 8 heteroatoms. The van der Waals surface area contributed by atoms with Gasteiger partial charge in [0.25, 0.3) is 0 Å². The number of alkyl halides is 1. The molecule has 0 radical (unpaired) electrons. The molecule has 38 heavy (non-hydrogen) atoms. The molecule has 0 aliphatic carbocycles. The minimum absolute atomic E-state index is 0.0875. The van der Waals surface area contributed by atoms with Crippen LogP contribution in [0.25, 0.3) is 0 Å². The highest BCUT2D eigenvalue weighted by atomic mass is 79.9. The van der Waals surface area contributed by atoms with Crippen LogP contribution in [-0.2, 0) is 14.2 Å². The van der Waals surface area contributed by atoms with Gasteiger partial charge in [0.1, 0.15) is 18.8 Å². The number of hydrogen-bond donors (Lipinski definition) is 2. The Morgan fingerprint density at radius 3 is 1.79 bits per heavy atom. The normalized spacial score (nSPS) is 17.2. The monoisotopic (exact) mass is 604 g/mol. The Bertz CT molecular complexity index is 567. The third-order valence-corrected chi connectivity index (χ3v) is 7.71. The first-order valence-electron chi connectivity index (χ1n) is 15.7. The summed E-state index contributed by atoms with van der Waals surface area (Å²) >= 11 is 3.40. The second-order valence-electron chi connectivity index (χ2n) is 10.6. The van der Waals surface area contributed by atoms with Crippen molar-refractivity contribution < 1.29 is 23.8 Å². The molecule has 0 aromatic rings. The highest BCUT2D eigenvalue weighted by Gasteiger charge is 2.30. The van der Waals surface area contributed by atoms with Crippen LogP contribution in [0.1, 0.15) is 135 Å². The Morgan fingerprint density at radius 2 is 1.24 bits per heavy atom. The molecule has 2 amide bonds. The van der Waals surface area contributed by atoms with Crippen molar-refractivity contribution in [1.82, 2.24) is 10.6 Å². The van der Waals surface area contributed by atoms with Gasteiger partial charge in [-0.05, 0) is 32.1 Å². The number of alkyl carbamates (subject to hydrolysis) is 2. The third-order valence-electron chi connectivity index (χ3n) is 7.15. The fourth-order valence-electron chi connectivity index (χ4n) is 4.76. The summed E-state index contributed by atoms with van der Waals surface area (Å²) in [6, 6.07) is 0. The molecule has 1 heterocycles. The summed E-state index contributed by atoms with van der Waals surface area (Å²) in [5.74, 6) is 0. The zero-order valence-electron chi connectivity index (χ0n) is 24.3. The van der Waals surface area contributed by atoms with Gasteiger partial charge in [-0.25, -0.2) is 9.59 Å². The number of carbonyl (C=O) groups is 2. The average molecular weight is 606 g/mol. The van der Waals surface area contributed by atoms with Crippen molar-refractivity contribution in [3.8, 4) is 0 Å². The average Bonchev–Trinajstić information content (AvgIpc) is 2.92. The van der Waals surface area contributed by atoms with Crippen LogP contribution in [0.4, 0.5) is 9.59 Å². The van der Waals surface area contributed by atoms with E-state index in [4.69, 9.17) is 14.2 Å². The minimum atomic E-state index is -0.450. The predicted molar refractivity (Wildman–Crippen MR) is 159 cm³/mol. The molecular formula is C30H57BrN2O5. The van der Waals surface area contributed by atoms with Crippen LogP contribution in [0.3, 0.4) is 0 Å². The second kappa shape index (κ2) is 26.2. The van der Waals surface area contributed by atoms with E-state index in [-0.39, 0.29) is 6.61 Å². The summed E-state index contributed by atoms with van der Waals surface area (Å²) in [4.78, 5) is 24.2. The van der Waals surface area contributed by atoms with Gasteiger partial charge in [0.05, 0.1) is 0 Å². The van der Waals surface area contributed by atoms with E-state index < -0.39 is 24.4 Å². The zero-order chi connectivity index (χ0) is 27.5. The lowest BCUT2D eigenvalue weighted by Crippen LogP contribution is -2.44. The predicted octanol–water partition coefficient (Wildman–Crippen LogP) is 8.42. The topological polar surface area (TPSA) is 85.9 Å². The SMILES string of the molecule is CCCCCCCCCCCCCCCCCNC(=O)O[C@H]1CCCO[C@H]1COC(=O)NCCCCCBr. The van der Waals surface area contributed by atoms with Crippen molar-refractivity contribution in [3.05, 3.63) is 0 Å². The van der Waals surface area contributed by atoms with Crippen molar-refractivity contribution in [2.75, 3.05) is 31.6 Å². The van der Waals surface area contributed by atoms with Gasteiger partial charge in [-0.1, -0.05) is 119 Å². The Balaban J connectivity index is 1.98. The standard InChI is InChI=1S/C30H57BrN2O5/c1-2-3-4-5-6-7-8-9-10-11-12-13-14-15-18-24-33-30(35)38-27-21-20-25-36-28(27)26-37-29(34)32-23-19-16-17-22-31/h27-28H,2-26H2,1H3,(H,32,34)(H,33,35)/t27-,28-/m0/s1. The highest BCUT2D eigenvalue weighted by Crippen LogP contribution is 2.18. The molecule has 1 aliphatic rings. The van der Waals surface area contributed by atoms with Crippen LogP contribution in [0, 0.1) is 0 Å². The quantitative estimate of drug-likeness (QED) is 0.0852. The van der Waals surface area contributed by atoms with E-state index in [1.54, 1.807) is 0 Å². The van der Waals surface area contributed by atoms with Gasteiger partial charge in [0, 0.05) is 25.0 Å². The Labute approximate surface area is 241 Å². The van der Waals surface area contributed by atoms with Gasteiger partial charge in [-0.3, -0.25) is 0 Å². The summed E-state index contributed by atoms with van der Waals surface area (Å²) in [7, 11) is 0. The number of ether oxygens (including phenoxy) is 3. The molecule has 0 saturated carbocycles. The number of halogens is 1.